The molecular weight excluding hydrogens is 218 g/mol. The smallest absolute Gasteiger partial charge is 0.0208 e. The first kappa shape index (κ1) is 13.6. The Hall–Kier alpha value is -0.820. The molecule has 1 saturated carbocycles. The second kappa shape index (κ2) is 6.94. The zero-order valence-corrected chi connectivity index (χ0v) is 11.9. The monoisotopic (exact) mass is 245 g/mol. The second-order valence-corrected chi connectivity index (χ2v) is 5.74. The molecule has 100 valence electrons. The van der Waals surface area contributed by atoms with Crippen molar-refractivity contribution < 1.29 is 0 Å². The van der Waals surface area contributed by atoms with Gasteiger partial charge in [0.25, 0.3) is 0 Å². The quantitative estimate of drug-likeness (QED) is 0.815. The first-order valence-corrected chi connectivity index (χ1v) is 7.60. The summed E-state index contributed by atoms with van der Waals surface area (Å²) in [5.41, 5.74) is 2.84. The summed E-state index contributed by atoms with van der Waals surface area (Å²) in [5, 5.41) is 3.71. The summed E-state index contributed by atoms with van der Waals surface area (Å²) in [6.07, 6.45) is 8.28. The van der Waals surface area contributed by atoms with E-state index in [0.29, 0.717) is 6.04 Å². The zero-order valence-electron chi connectivity index (χ0n) is 11.9. The van der Waals surface area contributed by atoms with Crippen LogP contribution in [0.1, 0.15) is 57.1 Å². The van der Waals surface area contributed by atoms with Crippen LogP contribution < -0.4 is 5.32 Å². The third-order valence-corrected chi connectivity index (χ3v) is 4.42. The van der Waals surface area contributed by atoms with Crippen LogP contribution in [0.3, 0.4) is 0 Å². The van der Waals surface area contributed by atoms with Crippen molar-refractivity contribution in [1.82, 2.24) is 5.32 Å². The molecule has 1 unspecified atom stereocenters. The molecule has 0 saturated heterocycles. The lowest BCUT2D eigenvalue weighted by molar-refractivity contribution is 0.280. The van der Waals surface area contributed by atoms with E-state index in [0.717, 1.165) is 18.9 Å². The molecule has 1 N–H and O–H groups in total. The van der Waals surface area contributed by atoms with Crippen LogP contribution in [0.15, 0.2) is 24.3 Å². The fraction of sp³-hybridized carbons (Fsp3) is 0.647. The van der Waals surface area contributed by atoms with Crippen LogP contribution >= 0.6 is 0 Å². The molecule has 2 rings (SSSR count). The number of hydrogen-bond donors (Lipinski definition) is 1. The van der Waals surface area contributed by atoms with Crippen LogP contribution in [-0.4, -0.2) is 6.04 Å². The topological polar surface area (TPSA) is 12.0 Å². The minimum Gasteiger partial charge on any atom is -0.310 e. The molecule has 0 heterocycles. The van der Waals surface area contributed by atoms with Crippen LogP contribution in [0.25, 0.3) is 0 Å². The predicted octanol–water partition coefficient (Wildman–Crippen LogP) is 4.31. The Balaban J connectivity index is 1.78. The molecule has 0 amide bonds. The van der Waals surface area contributed by atoms with Crippen LogP contribution in [0, 0.1) is 5.92 Å². The highest BCUT2D eigenvalue weighted by molar-refractivity contribution is 5.22. The summed E-state index contributed by atoms with van der Waals surface area (Å²) >= 11 is 0. The molecule has 1 aromatic carbocycles. The fourth-order valence-electron chi connectivity index (χ4n) is 2.97. The molecule has 1 fully saturated rings. The maximum atomic E-state index is 3.71. The van der Waals surface area contributed by atoms with Gasteiger partial charge in [-0.15, -0.1) is 0 Å². The van der Waals surface area contributed by atoms with Gasteiger partial charge in [-0.2, -0.15) is 0 Å². The number of nitrogens with one attached hydrogen (secondary N) is 1. The summed E-state index contributed by atoms with van der Waals surface area (Å²) in [4.78, 5) is 0. The van der Waals surface area contributed by atoms with Crippen molar-refractivity contribution in [3.8, 4) is 0 Å². The van der Waals surface area contributed by atoms with E-state index in [1.807, 2.05) is 0 Å². The van der Waals surface area contributed by atoms with Gasteiger partial charge < -0.3 is 5.32 Å². The van der Waals surface area contributed by atoms with Gasteiger partial charge in [-0.05, 0) is 43.2 Å². The first-order valence-electron chi connectivity index (χ1n) is 7.60. The fourth-order valence-corrected chi connectivity index (χ4v) is 2.97. The van der Waals surface area contributed by atoms with Crippen LogP contribution in [0.4, 0.5) is 0 Å². The highest BCUT2D eigenvalue weighted by atomic mass is 14.9. The van der Waals surface area contributed by atoms with Crippen LogP contribution in [0.5, 0.6) is 0 Å². The van der Waals surface area contributed by atoms with Crippen molar-refractivity contribution in [3.63, 3.8) is 0 Å². The van der Waals surface area contributed by atoms with Gasteiger partial charge in [0.2, 0.25) is 0 Å². The Morgan fingerprint density at radius 2 is 1.67 bits per heavy atom. The van der Waals surface area contributed by atoms with Crippen molar-refractivity contribution in [1.29, 1.82) is 0 Å². The molecule has 18 heavy (non-hydrogen) atoms. The van der Waals surface area contributed by atoms with Crippen molar-refractivity contribution in [2.24, 2.45) is 5.92 Å². The van der Waals surface area contributed by atoms with E-state index in [1.54, 1.807) is 0 Å². The van der Waals surface area contributed by atoms with Gasteiger partial charge in [-0.3, -0.25) is 0 Å². The van der Waals surface area contributed by atoms with Crippen molar-refractivity contribution in [3.05, 3.63) is 35.4 Å². The maximum Gasteiger partial charge on any atom is 0.0208 e. The Morgan fingerprint density at radius 1 is 1.06 bits per heavy atom. The Morgan fingerprint density at radius 3 is 2.28 bits per heavy atom. The third-order valence-electron chi connectivity index (χ3n) is 4.42. The Labute approximate surface area is 112 Å². The highest BCUT2D eigenvalue weighted by Gasteiger charge is 2.19. The summed E-state index contributed by atoms with van der Waals surface area (Å²) in [6, 6.07) is 9.69. The number of aryl methyl sites for hydroxylation is 1. The lowest BCUT2D eigenvalue weighted by Crippen LogP contribution is -2.34. The number of benzene rings is 1. The van der Waals surface area contributed by atoms with Gasteiger partial charge in [-0.25, -0.2) is 0 Å². The van der Waals surface area contributed by atoms with Gasteiger partial charge in [0.05, 0.1) is 0 Å². The van der Waals surface area contributed by atoms with E-state index in [1.165, 1.54) is 43.2 Å². The molecule has 0 radical (unpaired) electrons. The van der Waals surface area contributed by atoms with Crippen molar-refractivity contribution in [2.45, 2.75) is 65.0 Å². The molecule has 0 spiro atoms. The average molecular weight is 245 g/mol. The summed E-state index contributed by atoms with van der Waals surface area (Å²) in [5.74, 6) is 0.897. The summed E-state index contributed by atoms with van der Waals surface area (Å²) in [6.45, 7) is 5.58. The SMILES string of the molecule is CCc1ccc(CNC(C)C2CCCCC2)cc1. The van der Waals surface area contributed by atoms with Crippen LogP contribution in [-0.2, 0) is 13.0 Å². The minimum atomic E-state index is 0.663. The standard InChI is InChI=1S/C17H27N/c1-3-15-9-11-16(12-10-15)13-18-14(2)17-7-5-4-6-8-17/h9-12,14,17-18H,3-8,13H2,1-2H3. The molecule has 1 aliphatic rings. The van der Waals surface area contributed by atoms with Crippen LogP contribution in [0.2, 0.25) is 0 Å². The van der Waals surface area contributed by atoms with E-state index in [-0.39, 0.29) is 0 Å². The van der Waals surface area contributed by atoms with Gasteiger partial charge in [0.15, 0.2) is 0 Å². The molecule has 0 aromatic heterocycles. The van der Waals surface area contributed by atoms with E-state index < -0.39 is 0 Å². The van der Waals surface area contributed by atoms with Gasteiger partial charge >= 0.3 is 0 Å². The van der Waals surface area contributed by atoms with E-state index >= 15 is 0 Å². The molecular formula is C17H27N. The normalized spacial score (nSPS) is 18.8. The molecule has 1 aromatic rings. The zero-order chi connectivity index (χ0) is 12.8. The van der Waals surface area contributed by atoms with E-state index in [9.17, 15) is 0 Å². The number of rotatable bonds is 5. The summed E-state index contributed by atoms with van der Waals surface area (Å²) < 4.78 is 0. The van der Waals surface area contributed by atoms with Crippen molar-refractivity contribution >= 4 is 0 Å². The van der Waals surface area contributed by atoms with E-state index in [2.05, 4.69) is 43.4 Å². The predicted molar refractivity (Wildman–Crippen MR) is 78.7 cm³/mol. The lowest BCUT2D eigenvalue weighted by Gasteiger charge is -2.28. The largest absolute Gasteiger partial charge is 0.310 e. The third kappa shape index (κ3) is 3.84. The molecule has 0 aliphatic heterocycles. The first-order chi connectivity index (χ1) is 8.79. The molecule has 0 bridgehead atoms. The lowest BCUT2D eigenvalue weighted by atomic mass is 9.84. The highest BCUT2D eigenvalue weighted by Crippen LogP contribution is 2.26. The maximum absolute atomic E-state index is 3.71. The summed E-state index contributed by atoms with van der Waals surface area (Å²) in [7, 11) is 0. The molecule has 1 heteroatoms. The second-order valence-electron chi connectivity index (χ2n) is 5.74. The minimum absolute atomic E-state index is 0.663. The van der Waals surface area contributed by atoms with Gasteiger partial charge in [-0.1, -0.05) is 50.5 Å². The van der Waals surface area contributed by atoms with Gasteiger partial charge in [0.1, 0.15) is 0 Å². The molecule has 1 nitrogen and oxygen atoms in total. The Kier molecular flexibility index (Phi) is 5.25. The molecule has 1 atom stereocenters. The Bertz CT molecular complexity index is 335. The average Bonchev–Trinajstić information content (AvgIpc) is 2.46. The number of hydrogen-bond acceptors (Lipinski definition) is 1. The van der Waals surface area contributed by atoms with Gasteiger partial charge in [0, 0.05) is 12.6 Å². The van der Waals surface area contributed by atoms with Crippen molar-refractivity contribution in [2.75, 3.05) is 0 Å². The molecule has 1 aliphatic carbocycles. The van der Waals surface area contributed by atoms with E-state index in [4.69, 9.17) is 0 Å².